The molecule has 1 atom stereocenters. The number of benzene rings is 1. The lowest BCUT2D eigenvalue weighted by molar-refractivity contribution is 0.222. The number of hydrogen-bond donors (Lipinski definition) is 1. The Labute approximate surface area is 128 Å². The Balaban J connectivity index is 1.97. The highest BCUT2D eigenvalue weighted by Gasteiger charge is 2.26. The lowest BCUT2D eigenvalue weighted by Gasteiger charge is -2.33. The van der Waals surface area contributed by atoms with Crippen molar-refractivity contribution in [1.29, 1.82) is 0 Å². The molecule has 2 rings (SSSR count). The fourth-order valence-corrected chi connectivity index (χ4v) is 3.59. The first-order valence-corrected chi connectivity index (χ1v) is 8.17. The van der Waals surface area contributed by atoms with Crippen LogP contribution in [0.3, 0.4) is 0 Å². The molecule has 0 aromatic heterocycles. The topological polar surface area (TPSA) is 21.3 Å². The van der Waals surface area contributed by atoms with Gasteiger partial charge in [0, 0.05) is 6.04 Å². The number of methoxy groups -OCH3 is 1. The van der Waals surface area contributed by atoms with Crippen molar-refractivity contribution in [1.82, 2.24) is 5.32 Å². The number of hydrogen-bond acceptors (Lipinski definition) is 2. The summed E-state index contributed by atoms with van der Waals surface area (Å²) < 4.78 is 18.8. The fourth-order valence-electron chi connectivity index (χ4n) is 3.59. The van der Waals surface area contributed by atoms with Gasteiger partial charge in [-0.1, -0.05) is 32.3 Å². The molecule has 1 N–H and O–H groups in total. The van der Waals surface area contributed by atoms with Crippen molar-refractivity contribution < 1.29 is 9.13 Å². The lowest BCUT2D eigenvalue weighted by Crippen LogP contribution is -2.37. The highest BCUT2D eigenvalue weighted by Crippen LogP contribution is 2.33. The Bertz CT molecular complexity index is 441. The second-order valence-corrected chi connectivity index (χ2v) is 6.26. The minimum Gasteiger partial charge on any atom is -0.494 e. The van der Waals surface area contributed by atoms with Crippen LogP contribution in [0.4, 0.5) is 4.39 Å². The minimum absolute atomic E-state index is 0.264. The first-order chi connectivity index (χ1) is 10.2. The average molecular weight is 293 g/mol. The van der Waals surface area contributed by atoms with Gasteiger partial charge in [-0.05, 0) is 55.8 Å². The normalized spacial score (nSPS) is 23.8. The van der Waals surface area contributed by atoms with Crippen LogP contribution < -0.4 is 10.1 Å². The van der Waals surface area contributed by atoms with Gasteiger partial charge in [0.05, 0.1) is 7.11 Å². The van der Waals surface area contributed by atoms with Crippen LogP contribution in [0.5, 0.6) is 5.75 Å². The van der Waals surface area contributed by atoms with Crippen LogP contribution in [-0.4, -0.2) is 20.2 Å². The Morgan fingerprint density at radius 1 is 1.29 bits per heavy atom. The highest BCUT2D eigenvalue weighted by molar-refractivity contribution is 5.29. The van der Waals surface area contributed by atoms with Crippen molar-refractivity contribution in [2.45, 2.75) is 51.5 Å². The SMILES string of the molecule is CCC1CCC(C(Cc2ccc(OC)c(F)c2)NC)CC1. The van der Waals surface area contributed by atoms with Crippen LogP contribution in [-0.2, 0) is 6.42 Å². The van der Waals surface area contributed by atoms with Crippen molar-refractivity contribution in [3.63, 3.8) is 0 Å². The second-order valence-electron chi connectivity index (χ2n) is 6.26. The molecule has 0 aliphatic heterocycles. The molecule has 1 aliphatic rings. The van der Waals surface area contributed by atoms with Crippen LogP contribution >= 0.6 is 0 Å². The van der Waals surface area contributed by atoms with Crippen LogP contribution in [0, 0.1) is 17.7 Å². The summed E-state index contributed by atoms with van der Waals surface area (Å²) >= 11 is 0. The minimum atomic E-state index is -0.264. The first-order valence-electron chi connectivity index (χ1n) is 8.17. The predicted octanol–water partition coefficient (Wildman–Crippen LogP) is 4.18. The molecule has 0 radical (unpaired) electrons. The van der Waals surface area contributed by atoms with E-state index in [0.29, 0.717) is 17.7 Å². The Hall–Kier alpha value is -1.09. The van der Waals surface area contributed by atoms with Gasteiger partial charge < -0.3 is 10.1 Å². The predicted molar refractivity (Wildman–Crippen MR) is 85.2 cm³/mol. The zero-order valence-electron chi connectivity index (χ0n) is 13.5. The van der Waals surface area contributed by atoms with E-state index in [1.54, 1.807) is 12.1 Å². The monoisotopic (exact) mass is 293 g/mol. The summed E-state index contributed by atoms with van der Waals surface area (Å²) in [4.78, 5) is 0. The number of nitrogens with one attached hydrogen (secondary N) is 1. The van der Waals surface area contributed by atoms with Crippen LogP contribution in [0.25, 0.3) is 0 Å². The van der Waals surface area contributed by atoms with Gasteiger partial charge in [-0.2, -0.15) is 0 Å². The van der Waals surface area contributed by atoms with E-state index in [0.717, 1.165) is 17.9 Å². The smallest absolute Gasteiger partial charge is 0.165 e. The molecule has 1 unspecified atom stereocenters. The van der Waals surface area contributed by atoms with E-state index >= 15 is 0 Å². The van der Waals surface area contributed by atoms with Gasteiger partial charge in [0.1, 0.15) is 0 Å². The third-order valence-corrected chi connectivity index (χ3v) is 5.08. The molecule has 1 aliphatic carbocycles. The van der Waals surface area contributed by atoms with Gasteiger partial charge in [-0.25, -0.2) is 4.39 Å². The van der Waals surface area contributed by atoms with Crippen LogP contribution in [0.1, 0.15) is 44.6 Å². The largest absolute Gasteiger partial charge is 0.494 e. The molecule has 0 spiro atoms. The van der Waals surface area contributed by atoms with Crippen molar-refractivity contribution >= 4 is 0 Å². The highest BCUT2D eigenvalue weighted by atomic mass is 19.1. The molecule has 1 fully saturated rings. The van der Waals surface area contributed by atoms with Gasteiger partial charge in [-0.3, -0.25) is 0 Å². The molecule has 2 nitrogen and oxygen atoms in total. The van der Waals surface area contributed by atoms with Gasteiger partial charge in [0.2, 0.25) is 0 Å². The summed E-state index contributed by atoms with van der Waals surface area (Å²) in [6, 6.07) is 5.76. The van der Waals surface area contributed by atoms with Crippen molar-refractivity contribution in [3.05, 3.63) is 29.6 Å². The molecule has 3 heteroatoms. The van der Waals surface area contributed by atoms with Gasteiger partial charge >= 0.3 is 0 Å². The van der Waals surface area contributed by atoms with E-state index in [-0.39, 0.29) is 5.82 Å². The van der Waals surface area contributed by atoms with Gasteiger partial charge in [-0.15, -0.1) is 0 Å². The third-order valence-electron chi connectivity index (χ3n) is 5.08. The number of rotatable bonds is 6. The van der Waals surface area contributed by atoms with Gasteiger partial charge in [0.15, 0.2) is 11.6 Å². The maximum absolute atomic E-state index is 13.8. The number of ether oxygens (including phenoxy) is 1. The van der Waals surface area contributed by atoms with E-state index in [2.05, 4.69) is 12.2 Å². The van der Waals surface area contributed by atoms with E-state index in [1.165, 1.54) is 39.2 Å². The number of likely N-dealkylation sites (N-methyl/N-ethyl adjacent to an activating group) is 1. The molecule has 1 aromatic rings. The molecule has 1 aromatic carbocycles. The Morgan fingerprint density at radius 3 is 2.52 bits per heavy atom. The standard InChI is InChI=1S/C18H28FNO/c1-4-13-5-8-15(9-6-13)17(20-2)12-14-7-10-18(21-3)16(19)11-14/h7,10-11,13,15,17,20H,4-6,8-9,12H2,1-3H3. The summed E-state index contributed by atoms with van der Waals surface area (Å²) in [7, 11) is 3.52. The van der Waals surface area contributed by atoms with Crippen molar-refractivity contribution in [2.75, 3.05) is 14.2 Å². The zero-order chi connectivity index (χ0) is 15.2. The molecular formula is C18H28FNO. The Morgan fingerprint density at radius 2 is 2.00 bits per heavy atom. The lowest BCUT2D eigenvalue weighted by atomic mass is 9.76. The second kappa shape index (κ2) is 7.79. The van der Waals surface area contributed by atoms with Gasteiger partial charge in [0.25, 0.3) is 0 Å². The van der Waals surface area contributed by atoms with Crippen molar-refractivity contribution in [3.8, 4) is 5.75 Å². The summed E-state index contributed by atoms with van der Waals surface area (Å²) in [6.45, 7) is 2.29. The van der Waals surface area contributed by atoms with Crippen molar-refractivity contribution in [2.24, 2.45) is 11.8 Å². The summed E-state index contributed by atoms with van der Waals surface area (Å²) in [6.07, 6.45) is 7.47. The van der Waals surface area contributed by atoms with E-state index < -0.39 is 0 Å². The summed E-state index contributed by atoms with van der Waals surface area (Å²) in [5, 5.41) is 3.45. The zero-order valence-corrected chi connectivity index (χ0v) is 13.5. The molecule has 1 saturated carbocycles. The Kier molecular flexibility index (Phi) is 6.04. The molecule has 0 amide bonds. The molecule has 0 bridgehead atoms. The third kappa shape index (κ3) is 4.19. The summed E-state index contributed by atoms with van der Waals surface area (Å²) in [5.74, 6) is 1.68. The molecule has 118 valence electrons. The first kappa shape index (κ1) is 16.3. The average Bonchev–Trinajstić information content (AvgIpc) is 2.53. The van der Waals surface area contributed by atoms with Crippen LogP contribution in [0.15, 0.2) is 18.2 Å². The van der Waals surface area contributed by atoms with E-state index in [4.69, 9.17) is 4.74 Å². The quantitative estimate of drug-likeness (QED) is 0.849. The van der Waals surface area contributed by atoms with E-state index in [9.17, 15) is 4.39 Å². The fraction of sp³-hybridized carbons (Fsp3) is 0.667. The van der Waals surface area contributed by atoms with E-state index in [1.807, 2.05) is 13.1 Å². The maximum atomic E-state index is 13.8. The van der Waals surface area contributed by atoms with Crippen LogP contribution in [0.2, 0.25) is 0 Å². The maximum Gasteiger partial charge on any atom is 0.165 e. The number of halogens is 1. The molecular weight excluding hydrogens is 265 g/mol. The molecule has 21 heavy (non-hydrogen) atoms. The summed E-state index contributed by atoms with van der Waals surface area (Å²) in [5.41, 5.74) is 1.05. The molecule has 0 saturated heterocycles. The molecule has 0 heterocycles.